The highest BCUT2D eigenvalue weighted by Gasteiger charge is 2.22. The van der Waals surface area contributed by atoms with Crippen molar-refractivity contribution in [2.45, 2.75) is 45.7 Å². The van der Waals surface area contributed by atoms with Crippen LogP contribution in [0.5, 0.6) is 0 Å². The van der Waals surface area contributed by atoms with Gasteiger partial charge in [-0.15, -0.1) is 0 Å². The van der Waals surface area contributed by atoms with Gasteiger partial charge in [0.2, 0.25) is 0 Å². The molecule has 0 saturated carbocycles. The van der Waals surface area contributed by atoms with Crippen LogP contribution in [0.1, 0.15) is 45.2 Å². The Labute approximate surface area is 132 Å². The molecule has 2 unspecified atom stereocenters. The summed E-state index contributed by atoms with van der Waals surface area (Å²) in [4.78, 5) is 2.64. The summed E-state index contributed by atoms with van der Waals surface area (Å²) in [7, 11) is 0. The lowest BCUT2D eigenvalue weighted by atomic mass is 10.0. The Kier molecular flexibility index (Phi) is 6.06. The smallest absolute Gasteiger partial charge is 0.0320 e. The molecule has 1 aliphatic rings. The molecule has 2 nitrogen and oxygen atoms in total. The maximum absolute atomic E-state index is 3.63. The molecule has 1 heterocycles. The van der Waals surface area contributed by atoms with E-state index in [1.165, 1.54) is 24.9 Å². The van der Waals surface area contributed by atoms with Crippen molar-refractivity contribution in [2.24, 2.45) is 5.92 Å². The van der Waals surface area contributed by atoms with E-state index < -0.39 is 0 Å². The molecule has 1 aliphatic heterocycles. The van der Waals surface area contributed by atoms with E-state index in [2.05, 4.69) is 71.2 Å². The van der Waals surface area contributed by atoms with Crippen LogP contribution < -0.4 is 5.32 Å². The van der Waals surface area contributed by atoms with Crippen LogP contribution >= 0.6 is 15.9 Å². The average molecular weight is 339 g/mol. The molecule has 1 N–H and O–H groups in total. The van der Waals surface area contributed by atoms with Gasteiger partial charge >= 0.3 is 0 Å². The van der Waals surface area contributed by atoms with E-state index in [4.69, 9.17) is 0 Å². The molecule has 0 amide bonds. The third kappa shape index (κ3) is 4.57. The van der Waals surface area contributed by atoms with Crippen LogP contribution in [0.15, 0.2) is 28.7 Å². The van der Waals surface area contributed by atoms with Crippen molar-refractivity contribution in [3.8, 4) is 0 Å². The van der Waals surface area contributed by atoms with Crippen molar-refractivity contribution in [1.82, 2.24) is 10.2 Å². The second kappa shape index (κ2) is 7.58. The van der Waals surface area contributed by atoms with E-state index in [0.29, 0.717) is 18.0 Å². The number of benzene rings is 1. The van der Waals surface area contributed by atoms with Crippen LogP contribution in [0.4, 0.5) is 0 Å². The highest BCUT2D eigenvalue weighted by Crippen LogP contribution is 2.24. The lowest BCUT2D eigenvalue weighted by molar-refractivity contribution is 0.171. The maximum Gasteiger partial charge on any atom is 0.0320 e. The second-order valence-corrected chi connectivity index (χ2v) is 7.28. The number of hydrogen-bond acceptors (Lipinski definition) is 2. The number of nitrogens with zero attached hydrogens (tertiary/aromatic N) is 1. The molecule has 2 rings (SSSR count). The van der Waals surface area contributed by atoms with E-state index in [-0.39, 0.29) is 0 Å². The highest BCUT2D eigenvalue weighted by molar-refractivity contribution is 9.10. The van der Waals surface area contributed by atoms with Gasteiger partial charge in [-0.2, -0.15) is 0 Å². The molecule has 0 spiro atoms. The predicted molar refractivity (Wildman–Crippen MR) is 90.0 cm³/mol. The third-order valence-electron chi connectivity index (χ3n) is 4.12. The molecule has 112 valence electrons. The van der Waals surface area contributed by atoms with Crippen LogP contribution in [0.3, 0.4) is 0 Å². The zero-order valence-corrected chi connectivity index (χ0v) is 14.5. The molecule has 20 heavy (non-hydrogen) atoms. The monoisotopic (exact) mass is 338 g/mol. The molecule has 1 saturated heterocycles. The predicted octanol–water partition coefficient (Wildman–Crippen LogP) is 4.22. The molecule has 3 heteroatoms. The minimum Gasteiger partial charge on any atom is -0.313 e. The Morgan fingerprint density at radius 1 is 1.25 bits per heavy atom. The first-order valence-electron chi connectivity index (χ1n) is 7.79. The number of rotatable bonds is 6. The first-order chi connectivity index (χ1) is 9.56. The second-order valence-electron chi connectivity index (χ2n) is 6.37. The lowest BCUT2D eigenvalue weighted by Crippen LogP contribution is -2.40. The fourth-order valence-electron chi connectivity index (χ4n) is 3.01. The van der Waals surface area contributed by atoms with Gasteiger partial charge in [-0.25, -0.2) is 0 Å². The maximum atomic E-state index is 3.63. The van der Waals surface area contributed by atoms with Crippen molar-refractivity contribution in [3.05, 3.63) is 34.3 Å². The highest BCUT2D eigenvalue weighted by atomic mass is 79.9. The zero-order valence-electron chi connectivity index (χ0n) is 12.9. The summed E-state index contributed by atoms with van der Waals surface area (Å²) in [6.45, 7) is 10.5. The van der Waals surface area contributed by atoms with Crippen LogP contribution in [0.2, 0.25) is 0 Å². The molecule has 0 aromatic heterocycles. The van der Waals surface area contributed by atoms with Gasteiger partial charge in [-0.1, -0.05) is 41.9 Å². The van der Waals surface area contributed by atoms with E-state index >= 15 is 0 Å². The zero-order chi connectivity index (χ0) is 14.5. The van der Waals surface area contributed by atoms with Gasteiger partial charge in [0.15, 0.2) is 0 Å². The van der Waals surface area contributed by atoms with Gasteiger partial charge in [0.05, 0.1) is 0 Å². The first kappa shape index (κ1) is 16.0. The van der Waals surface area contributed by atoms with E-state index in [1.807, 2.05) is 0 Å². The summed E-state index contributed by atoms with van der Waals surface area (Å²) in [6, 6.07) is 9.92. The van der Waals surface area contributed by atoms with Gasteiger partial charge in [0, 0.05) is 29.6 Å². The molecule has 1 aromatic carbocycles. The lowest BCUT2D eigenvalue weighted by Gasteiger charge is -2.33. The van der Waals surface area contributed by atoms with E-state index in [1.54, 1.807) is 0 Å². The molecule has 0 bridgehead atoms. The van der Waals surface area contributed by atoms with Crippen molar-refractivity contribution in [1.29, 1.82) is 0 Å². The van der Waals surface area contributed by atoms with E-state index in [0.717, 1.165) is 17.6 Å². The van der Waals surface area contributed by atoms with Gasteiger partial charge < -0.3 is 5.32 Å². The van der Waals surface area contributed by atoms with Crippen molar-refractivity contribution in [3.63, 3.8) is 0 Å². The quantitative estimate of drug-likeness (QED) is 0.835. The molecule has 0 aliphatic carbocycles. The molecule has 1 aromatic rings. The molecule has 2 atom stereocenters. The molecule has 1 fully saturated rings. The average Bonchev–Trinajstić information content (AvgIpc) is 2.90. The SMILES string of the molecule is CC(C)CN(CC1CCCN1)C(C)c1ccc(Br)cc1. The summed E-state index contributed by atoms with van der Waals surface area (Å²) in [5.74, 6) is 0.703. The Hall–Kier alpha value is -0.380. The number of halogens is 1. The summed E-state index contributed by atoms with van der Waals surface area (Å²) in [5.41, 5.74) is 1.41. The number of hydrogen-bond donors (Lipinski definition) is 1. The topological polar surface area (TPSA) is 15.3 Å². The Morgan fingerprint density at radius 2 is 1.95 bits per heavy atom. The molecule has 0 radical (unpaired) electrons. The minimum absolute atomic E-state index is 0.480. The van der Waals surface area contributed by atoms with Crippen LogP contribution in [-0.4, -0.2) is 30.6 Å². The van der Waals surface area contributed by atoms with Gasteiger partial charge in [-0.3, -0.25) is 4.90 Å². The van der Waals surface area contributed by atoms with E-state index in [9.17, 15) is 0 Å². The molecular formula is C17H27BrN2. The molecular weight excluding hydrogens is 312 g/mol. The Bertz CT molecular complexity index is 396. The van der Waals surface area contributed by atoms with Crippen molar-refractivity contribution in [2.75, 3.05) is 19.6 Å². The van der Waals surface area contributed by atoms with Gasteiger partial charge in [0.1, 0.15) is 0 Å². The van der Waals surface area contributed by atoms with Crippen LogP contribution in [0.25, 0.3) is 0 Å². The normalized spacial score (nSPS) is 20.8. The Morgan fingerprint density at radius 3 is 2.50 bits per heavy atom. The third-order valence-corrected chi connectivity index (χ3v) is 4.65. The van der Waals surface area contributed by atoms with Gasteiger partial charge in [0.25, 0.3) is 0 Å². The largest absolute Gasteiger partial charge is 0.313 e. The van der Waals surface area contributed by atoms with Crippen molar-refractivity contribution < 1.29 is 0 Å². The fraction of sp³-hybridized carbons (Fsp3) is 0.647. The number of nitrogens with one attached hydrogen (secondary N) is 1. The van der Waals surface area contributed by atoms with Crippen molar-refractivity contribution >= 4 is 15.9 Å². The summed E-state index contributed by atoms with van der Waals surface area (Å²) in [5, 5.41) is 3.63. The Balaban J connectivity index is 2.05. The van der Waals surface area contributed by atoms with Crippen LogP contribution in [-0.2, 0) is 0 Å². The standard InChI is InChI=1S/C17H27BrN2/c1-13(2)11-20(12-17-5-4-10-19-17)14(3)15-6-8-16(18)9-7-15/h6-9,13-14,17,19H,4-5,10-12H2,1-3H3. The van der Waals surface area contributed by atoms with Gasteiger partial charge in [-0.05, 0) is 49.9 Å². The first-order valence-corrected chi connectivity index (χ1v) is 8.58. The summed E-state index contributed by atoms with van der Waals surface area (Å²) >= 11 is 3.52. The summed E-state index contributed by atoms with van der Waals surface area (Å²) in [6.07, 6.45) is 2.65. The minimum atomic E-state index is 0.480. The summed E-state index contributed by atoms with van der Waals surface area (Å²) < 4.78 is 1.15. The van der Waals surface area contributed by atoms with Crippen LogP contribution in [0, 0.1) is 5.92 Å². The fourth-order valence-corrected chi connectivity index (χ4v) is 3.27.